The Morgan fingerprint density at radius 1 is 1.28 bits per heavy atom. The van der Waals surface area contributed by atoms with Crippen LogP contribution in [0.25, 0.3) is 0 Å². The van der Waals surface area contributed by atoms with Gasteiger partial charge in [-0.3, -0.25) is 5.41 Å². The second-order valence-corrected chi connectivity index (χ2v) is 7.34. The third kappa shape index (κ3) is 3.61. The summed E-state index contributed by atoms with van der Waals surface area (Å²) < 4.78 is 13.7. The Kier molecular flexibility index (Phi) is 5.07. The van der Waals surface area contributed by atoms with Crippen LogP contribution in [0, 0.1) is 11.2 Å². The van der Waals surface area contributed by atoms with Gasteiger partial charge in [0, 0.05) is 5.56 Å². The summed E-state index contributed by atoms with van der Waals surface area (Å²) in [5, 5.41) is 21.5. The van der Waals surface area contributed by atoms with Gasteiger partial charge in [0.05, 0.1) is 22.3 Å². The normalized spacial score (nSPS) is 15.6. The van der Waals surface area contributed by atoms with Gasteiger partial charge in [0.15, 0.2) is 11.6 Å². The third-order valence-corrected chi connectivity index (χ3v) is 5.38. The fourth-order valence-corrected chi connectivity index (χ4v) is 3.90. The van der Waals surface area contributed by atoms with Crippen molar-refractivity contribution in [3.63, 3.8) is 0 Å². The van der Waals surface area contributed by atoms with Crippen molar-refractivity contribution < 1.29 is 9.50 Å². The zero-order chi connectivity index (χ0) is 20.5. The van der Waals surface area contributed by atoms with Gasteiger partial charge in [-0.1, -0.05) is 35.9 Å². The van der Waals surface area contributed by atoms with Crippen LogP contribution in [0.5, 0.6) is 5.75 Å². The standard InChI is InChI=1S/C21H19ClFN5O/c22-14-8-12(9-16(29)18(14)23)19(24)17-20(25)26-10-27-21(17)28-15-7-3-5-11-4-1-2-6-13(11)15/h1-2,4,6,8-10,15,24,29H,3,5,7H2,(H3,25,26,27,28). The molecule has 1 unspecified atom stereocenters. The second-order valence-electron chi connectivity index (χ2n) is 6.94. The lowest BCUT2D eigenvalue weighted by Gasteiger charge is -2.27. The van der Waals surface area contributed by atoms with Gasteiger partial charge >= 0.3 is 0 Å². The maximum atomic E-state index is 13.7. The summed E-state index contributed by atoms with van der Waals surface area (Å²) in [5.74, 6) is -1.05. The molecule has 1 atom stereocenters. The second kappa shape index (κ2) is 7.67. The fourth-order valence-electron chi connectivity index (χ4n) is 3.69. The number of hydrogen-bond donors (Lipinski definition) is 4. The molecule has 3 aromatic rings. The molecule has 2 aromatic carbocycles. The highest BCUT2D eigenvalue weighted by Crippen LogP contribution is 2.34. The SMILES string of the molecule is N=C(c1cc(O)c(F)c(Cl)c1)c1c(N)ncnc1NC1CCCc2ccccc21. The quantitative estimate of drug-likeness (QED) is 0.474. The van der Waals surface area contributed by atoms with Crippen LogP contribution in [-0.4, -0.2) is 20.8 Å². The largest absolute Gasteiger partial charge is 0.505 e. The number of hydrogen-bond acceptors (Lipinski definition) is 6. The Morgan fingerprint density at radius 3 is 2.86 bits per heavy atom. The van der Waals surface area contributed by atoms with E-state index in [0.717, 1.165) is 25.3 Å². The Hall–Kier alpha value is -3.19. The molecule has 0 bridgehead atoms. The van der Waals surface area contributed by atoms with Crippen LogP contribution in [-0.2, 0) is 6.42 Å². The molecule has 8 heteroatoms. The minimum Gasteiger partial charge on any atom is -0.505 e. The molecule has 148 valence electrons. The number of benzene rings is 2. The topological polar surface area (TPSA) is 108 Å². The van der Waals surface area contributed by atoms with Crippen LogP contribution in [0.2, 0.25) is 5.02 Å². The molecule has 1 aliphatic carbocycles. The van der Waals surface area contributed by atoms with Crippen molar-refractivity contribution in [1.82, 2.24) is 9.97 Å². The molecule has 1 aromatic heterocycles. The van der Waals surface area contributed by atoms with Crippen LogP contribution in [0.1, 0.15) is 41.1 Å². The van der Waals surface area contributed by atoms with E-state index in [9.17, 15) is 9.50 Å². The zero-order valence-corrected chi connectivity index (χ0v) is 16.2. The van der Waals surface area contributed by atoms with Crippen molar-refractivity contribution in [2.45, 2.75) is 25.3 Å². The monoisotopic (exact) mass is 411 g/mol. The van der Waals surface area contributed by atoms with Crippen molar-refractivity contribution in [2.24, 2.45) is 0 Å². The maximum absolute atomic E-state index is 13.7. The number of aromatic nitrogens is 2. The van der Waals surface area contributed by atoms with Gasteiger partial charge < -0.3 is 16.2 Å². The molecule has 0 saturated heterocycles. The smallest absolute Gasteiger partial charge is 0.183 e. The Bertz CT molecular complexity index is 1080. The molecule has 0 radical (unpaired) electrons. The lowest BCUT2D eigenvalue weighted by molar-refractivity contribution is 0.432. The van der Waals surface area contributed by atoms with E-state index in [0.29, 0.717) is 5.82 Å². The summed E-state index contributed by atoms with van der Waals surface area (Å²) in [7, 11) is 0. The van der Waals surface area contributed by atoms with Gasteiger partial charge in [0.1, 0.15) is 18.0 Å². The summed E-state index contributed by atoms with van der Waals surface area (Å²) >= 11 is 5.83. The zero-order valence-electron chi connectivity index (χ0n) is 15.4. The number of phenols is 1. The molecule has 4 rings (SSSR count). The molecule has 1 heterocycles. The average Bonchev–Trinajstić information content (AvgIpc) is 2.71. The van der Waals surface area contributed by atoms with Gasteiger partial charge in [-0.15, -0.1) is 0 Å². The number of nitrogen functional groups attached to an aromatic ring is 1. The van der Waals surface area contributed by atoms with E-state index < -0.39 is 11.6 Å². The Labute approximate surface area is 172 Å². The highest BCUT2D eigenvalue weighted by atomic mass is 35.5. The van der Waals surface area contributed by atoms with E-state index in [-0.39, 0.29) is 33.7 Å². The van der Waals surface area contributed by atoms with Gasteiger partial charge in [0.25, 0.3) is 0 Å². The van der Waals surface area contributed by atoms with Crippen LogP contribution >= 0.6 is 11.6 Å². The number of nitrogens with zero attached hydrogens (tertiary/aromatic N) is 2. The molecule has 6 nitrogen and oxygen atoms in total. The van der Waals surface area contributed by atoms with Crippen LogP contribution in [0.4, 0.5) is 16.0 Å². The number of aryl methyl sites for hydroxylation is 1. The van der Waals surface area contributed by atoms with Gasteiger partial charge in [-0.25, -0.2) is 14.4 Å². The minimum atomic E-state index is -0.933. The van der Waals surface area contributed by atoms with E-state index in [1.807, 2.05) is 12.1 Å². The van der Waals surface area contributed by atoms with Crippen molar-refractivity contribution in [3.05, 3.63) is 75.8 Å². The minimum absolute atomic E-state index is 0.0195. The highest BCUT2D eigenvalue weighted by molar-refractivity contribution is 6.31. The third-order valence-electron chi connectivity index (χ3n) is 5.10. The van der Waals surface area contributed by atoms with Crippen LogP contribution in [0.3, 0.4) is 0 Å². The first kappa shape index (κ1) is 19.1. The first-order valence-electron chi connectivity index (χ1n) is 9.18. The molecule has 0 spiro atoms. The molecule has 0 fully saturated rings. The fraction of sp³-hybridized carbons (Fsp3) is 0.190. The van der Waals surface area contributed by atoms with Gasteiger partial charge in [-0.2, -0.15) is 0 Å². The van der Waals surface area contributed by atoms with Crippen molar-refractivity contribution in [3.8, 4) is 5.75 Å². The number of halogens is 2. The predicted molar refractivity (Wildman–Crippen MR) is 111 cm³/mol. The first-order chi connectivity index (χ1) is 14.0. The lowest BCUT2D eigenvalue weighted by Crippen LogP contribution is -2.21. The van der Waals surface area contributed by atoms with Gasteiger partial charge in [0.2, 0.25) is 0 Å². The molecule has 5 N–H and O–H groups in total. The predicted octanol–water partition coefficient (Wildman–Crippen LogP) is 4.46. The van der Waals surface area contributed by atoms with E-state index in [1.165, 1.54) is 23.5 Å². The summed E-state index contributed by atoms with van der Waals surface area (Å²) in [4.78, 5) is 8.31. The number of phenolic OH excluding ortho intramolecular Hbond substituents is 1. The average molecular weight is 412 g/mol. The van der Waals surface area contributed by atoms with Gasteiger partial charge in [-0.05, 0) is 42.5 Å². The van der Waals surface area contributed by atoms with E-state index in [2.05, 4.69) is 27.4 Å². The highest BCUT2D eigenvalue weighted by Gasteiger charge is 2.24. The number of anilines is 2. The number of rotatable bonds is 4. The summed E-state index contributed by atoms with van der Waals surface area (Å²) in [6.45, 7) is 0. The van der Waals surface area contributed by atoms with Crippen molar-refractivity contribution >= 4 is 28.9 Å². The molecule has 29 heavy (non-hydrogen) atoms. The number of aromatic hydroxyl groups is 1. The number of nitrogens with one attached hydrogen (secondary N) is 2. The summed E-state index contributed by atoms with van der Waals surface area (Å²) in [6, 6.07) is 10.6. The van der Waals surface area contributed by atoms with Crippen molar-refractivity contribution in [2.75, 3.05) is 11.1 Å². The molecular formula is C21H19ClFN5O. The molecule has 0 aliphatic heterocycles. The Morgan fingerprint density at radius 2 is 2.07 bits per heavy atom. The van der Waals surface area contributed by atoms with E-state index >= 15 is 0 Å². The summed E-state index contributed by atoms with van der Waals surface area (Å²) in [6.07, 6.45) is 4.30. The molecular weight excluding hydrogens is 393 g/mol. The molecule has 1 aliphatic rings. The molecule has 0 amide bonds. The summed E-state index contributed by atoms with van der Waals surface area (Å²) in [5.41, 5.74) is 8.96. The van der Waals surface area contributed by atoms with Crippen LogP contribution in [0.15, 0.2) is 42.7 Å². The van der Waals surface area contributed by atoms with Crippen molar-refractivity contribution in [1.29, 1.82) is 5.41 Å². The van der Waals surface area contributed by atoms with Crippen LogP contribution < -0.4 is 11.1 Å². The number of fused-ring (bicyclic) bond motifs is 1. The van der Waals surface area contributed by atoms with E-state index in [1.54, 1.807) is 0 Å². The number of nitrogens with two attached hydrogens (primary N) is 1. The lowest BCUT2D eigenvalue weighted by atomic mass is 9.87. The van der Waals surface area contributed by atoms with E-state index in [4.69, 9.17) is 22.7 Å². The maximum Gasteiger partial charge on any atom is 0.183 e. The first-order valence-corrected chi connectivity index (χ1v) is 9.55. The molecule has 0 saturated carbocycles. The Balaban J connectivity index is 1.73.